The van der Waals surface area contributed by atoms with Crippen molar-refractivity contribution in [3.05, 3.63) is 18.2 Å². The number of nitrogens with two attached hydrogens (primary N) is 2. The van der Waals surface area contributed by atoms with E-state index in [1.807, 2.05) is 14.1 Å². The molecule has 0 fully saturated rings. The quantitative estimate of drug-likeness (QED) is 0.678. The highest BCUT2D eigenvalue weighted by molar-refractivity contribution is 7.89. The summed E-state index contributed by atoms with van der Waals surface area (Å²) in [7, 11) is 0.247. The lowest BCUT2D eigenvalue weighted by atomic mass is 10.0. The molecule has 114 valence electrons. The van der Waals surface area contributed by atoms with Crippen LogP contribution in [0.2, 0.25) is 0 Å². The fourth-order valence-corrected chi connectivity index (χ4v) is 2.39. The van der Waals surface area contributed by atoms with Crippen LogP contribution in [0.3, 0.4) is 0 Å². The van der Waals surface area contributed by atoms with Crippen molar-refractivity contribution >= 4 is 21.4 Å². The van der Waals surface area contributed by atoms with Crippen molar-refractivity contribution in [2.45, 2.75) is 24.8 Å². The molecule has 20 heavy (non-hydrogen) atoms. The highest BCUT2D eigenvalue weighted by Gasteiger charge is 2.17. The Bertz CT molecular complexity index is 555. The molecule has 7 heteroatoms. The number of anilines is 2. The van der Waals surface area contributed by atoms with E-state index in [9.17, 15) is 8.42 Å². The summed E-state index contributed by atoms with van der Waals surface area (Å²) in [6, 6.07) is 4.60. The fourth-order valence-electron chi connectivity index (χ4n) is 1.85. The summed E-state index contributed by atoms with van der Waals surface area (Å²) >= 11 is 0. The van der Waals surface area contributed by atoms with Gasteiger partial charge < -0.3 is 16.0 Å². The predicted molar refractivity (Wildman–Crippen MR) is 83.0 cm³/mol. The molecule has 0 radical (unpaired) electrons. The summed E-state index contributed by atoms with van der Waals surface area (Å²) < 4.78 is 22.8. The highest BCUT2D eigenvalue weighted by Crippen LogP contribution is 2.24. The highest BCUT2D eigenvalue weighted by atomic mass is 32.2. The molecule has 0 saturated heterocycles. The van der Waals surface area contributed by atoms with Crippen LogP contribution >= 0.6 is 0 Å². The van der Waals surface area contributed by atoms with Gasteiger partial charge in [-0.05, 0) is 38.2 Å². The molecule has 0 aliphatic heterocycles. The second-order valence-electron chi connectivity index (χ2n) is 5.55. The van der Waals surface area contributed by atoms with Gasteiger partial charge in [-0.3, -0.25) is 0 Å². The average molecular weight is 300 g/mol. The Morgan fingerprint density at radius 1 is 1.30 bits per heavy atom. The van der Waals surface area contributed by atoms with Crippen LogP contribution in [0.25, 0.3) is 0 Å². The predicted octanol–water partition coefficient (Wildman–Crippen LogP) is 0.914. The van der Waals surface area contributed by atoms with E-state index in [0.717, 1.165) is 6.54 Å². The van der Waals surface area contributed by atoms with Crippen LogP contribution in [0.4, 0.5) is 11.4 Å². The van der Waals surface area contributed by atoms with E-state index < -0.39 is 10.0 Å². The minimum Gasteiger partial charge on any atom is -0.397 e. The van der Waals surface area contributed by atoms with E-state index in [1.165, 1.54) is 12.1 Å². The van der Waals surface area contributed by atoms with E-state index in [2.05, 4.69) is 24.1 Å². The Kier molecular flexibility index (Phi) is 5.38. The molecule has 0 spiro atoms. The number of hydrogen-bond donors (Lipinski definition) is 3. The molecule has 0 aromatic heterocycles. The Labute approximate surface area is 121 Å². The fraction of sp³-hybridized carbons (Fsp3) is 0.538. The van der Waals surface area contributed by atoms with Crippen molar-refractivity contribution in [1.29, 1.82) is 0 Å². The first-order valence-electron chi connectivity index (χ1n) is 6.45. The smallest absolute Gasteiger partial charge is 0.238 e. The summed E-state index contributed by atoms with van der Waals surface area (Å²) in [6.07, 6.45) is 0. The Morgan fingerprint density at radius 2 is 1.90 bits per heavy atom. The van der Waals surface area contributed by atoms with Crippen LogP contribution in [-0.2, 0) is 10.0 Å². The summed E-state index contributed by atoms with van der Waals surface area (Å²) in [5.41, 5.74) is 7.00. The van der Waals surface area contributed by atoms with Crippen molar-refractivity contribution in [3.63, 3.8) is 0 Å². The number of sulfonamides is 1. The van der Waals surface area contributed by atoms with Crippen molar-refractivity contribution in [3.8, 4) is 0 Å². The molecule has 1 atom stereocenters. The number of likely N-dealkylation sites (N-methyl/N-ethyl adjacent to an activating group) is 1. The maximum Gasteiger partial charge on any atom is 0.238 e. The molecule has 5 N–H and O–H groups in total. The van der Waals surface area contributed by atoms with Gasteiger partial charge in [0.05, 0.1) is 16.3 Å². The van der Waals surface area contributed by atoms with Gasteiger partial charge in [-0.15, -0.1) is 0 Å². The number of rotatable bonds is 6. The summed E-state index contributed by atoms with van der Waals surface area (Å²) in [6.45, 7) is 5.01. The van der Waals surface area contributed by atoms with Gasteiger partial charge in [-0.1, -0.05) is 13.8 Å². The number of nitrogens with one attached hydrogen (secondary N) is 1. The molecule has 0 aliphatic carbocycles. The molecule has 0 saturated carbocycles. The summed E-state index contributed by atoms with van der Waals surface area (Å²) in [5, 5.41) is 8.45. The van der Waals surface area contributed by atoms with E-state index in [0.29, 0.717) is 17.3 Å². The minimum atomic E-state index is -3.73. The molecular formula is C13H24N4O2S. The third kappa shape index (κ3) is 4.66. The largest absolute Gasteiger partial charge is 0.397 e. The molecule has 1 aromatic carbocycles. The molecule has 0 bridgehead atoms. The number of primary sulfonamides is 1. The SMILES string of the molecule is CC(C)C(CN(C)C)Nc1cc(S(N)(=O)=O)ccc1N. The topological polar surface area (TPSA) is 101 Å². The monoisotopic (exact) mass is 300 g/mol. The van der Waals surface area contributed by atoms with Crippen molar-refractivity contribution in [2.75, 3.05) is 31.7 Å². The normalized spacial score (nSPS) is 13.8. The second kappa shape index (κ2) is 6.43. The minimum absolute atomic E-state index is 0.0570. The van der Waals surface area contributed by atoms with Gasteiger partial charge in [0.25, 0.3) is 0 Å². The Balaban J connectivity index is 3.06. The maximum atomic E-state index is 11.4. The zero-order chi connectivity index (χ0) is 15.5. The standard InChI is InChI=1S/C13H24N4O2S/c1-9(2)13(8-17(3)4)16-12-7-10(20(15,18)19)5-6-11(12)14/h5-7,9,13,16H,8,14H2,1-4H3,(H2,15,18,19). The van der Waals surface area contributed by atoms with Gasteiger partial charge in [-0.2, -0.15) is 0 Å². The summed E-state index contributed by atoms with van der Waals surface area (Å²) in [5.74, 6) is 0.370. The van der Waals surface area contributed by atoms with Crippen molar-refractivity contribution in [2.24, 2.45) is 11.1 Å². The first-order valence-corrected chi connectivity index (χ1v) is 7.99. The first kappa shape index (κ1) is 16.7. The van der Waals surface area contributed by atoms with E-state index >= 15 is 0 Å². The van der Waals surface area contributed by atoms with Crippen LogP contribution in [-0.4, -0.2) is 40.0 Å². The first-order chi connectivity index (χ1) is 9.11. The van der Waals surface area contributed by atoms with Crippen LogP contribution < -0.4 is 16.2 Å². The number of nitrogens with zero attached hydrogens (tertiary/aromatic N) is 1. The van der Waals surface area contributed by atoms with Gasteiger partial charge in [0.2, 0.25) is 10.0 Å². The second-order valence-corrected chi connectivity index (χ2v) is 7.11. The molecule has 0 heterocycles. The van der Waals surface area contributed by atoms with Gasteiger partial charge in [0.1, 0.15) is 0 Å². The molecule has 0 amide bonds. The molecule has 1 unspecified atom stereocenters. The molecule has 6 nitrogen and oxygen atoms in total. The lowest BCUT2D eigenvalue weighted by Crippen LogP contribution is -2.36. The Hall–Kier alpha value is -1.31. The molecule has 1 rings (SSSR count). The number of benzene rings is 1. The zero-order valence-electron chi connectivity index (χ0n) is 12.4. The average Bonchev–Trinajstić information content (AvgIpc) is 2.28. The zero-order valence-corrected chi connectivity index (χ0v) is 13.2. The van der Waals surface area contributed by atoms with Crippen molar-refractivity contribution < 1.29 is 8.42 Å². The summed E-state index contributed by atoms with van der Waals surface area (Å²) in [4.78, 5) is 2.12. The van der Waals surface area contributed by atoms with E-state index in [-0.39, 0.29) is 10.9 Å². The van der Waals surface area contributed by atoms with E-state index in [1.54, 1.807) is 6.07 Å². The third-order valence-corrected chi connectivity index (χ3v) is 3.97. The number of nitrogen functional groups attached to an aromatic ring is 1. The number of hydrogen-bond acceptors (Lipinski definition) is 5. The van der Waals surface area contributed by atoms with Gasteiger partial charge in [-0.25, -0.2) is 13.6 Å². The Morgan fingerprint density at radius 3 is 2.35 bits per heavy atom. The van der Waals surface area contributed by atoms with Crippen LogP contribution in [0.5, 0.6) is 0 Å². The molecular weight excluding hydrogens is 276 g/mol. The van der Waals surface area contributed by atoms with Crippen LogP contribution in [0, 0.1) is 5.92 Å². The maximum absolute atomic E-state index is 11.4. The van der Waals surface area contributed by atoms with Crippen LogP contribution in [0.1, 0.15) is 13.8 Å². The molecule has 1 aromatic rings. The molecule has 0 aliphatic rings. The third-order valence-electron chi connectivity index (χ3n) is 3.06. The lowest BCUT2D eigenvalue weighted by molar-refractivity contribution is 0.344. The van der Waals surface area contributed by atoms with Gasteiger partial charge in [0.15, 0.2) is 0 Å². The lowest BCUT2D eigenvalue weighted by Gasteiger charge is -2.27. The van der Waals surface area contributed by atoms with Gasteiger partial charge in [0, 0.05) is 12.6 Å². The van der Waals surface area contributed by atoms with Crippen molar-refractivity contribution in [1.82, 2.24) is 4.90 Å². The van der Waals surface area contributed by atoms with Crippen LogP contribution in [0.15, 0.2) is 23.1 Å². The van der Waals surface area contributed by atoms with Gasteiger partial charge >= 0.3 is 0 Å². The van der Waals surface area contributed by atoms with E-state index in [4.69, 9.17) is 10.9 Å².